The van der Waals surface area contributed by atoms with Crippen molar-refractivity contribution in [1.82, 2.24) is 10.2 Å². The average Bonchev–Trinajstić information content (AvgIpc) is 2.57. The highest BCUT2D eigenvalue weighted by Crippen LogP contribution is 2.41. The van der Waals surface area contributed by atoms with E-state index in [0.717, 1.165) is 32.4 Å². The number of aromatic hydroxyl groups is 1. The normalized spacial score (nSPS) is 28.5. The molecular formula is C19H28N2O3. The zero-order valence-electron chi connectivity index (χ0n) is 14.5. The van der Waals surface area contributed by atoms with Gasteiger partial charge in [-0.2, -0.15) is 0 Å². The van der Waals surface area contributed by atoms with Gasteiger partial charge in [-0.1, -0.05) is 25.0 Å². The first-order valence-electron chi connectivity index (χ1n) is 8.97. The van der Waals surface area contributed by atoms with E-state index in [4.69, 9.17) is 4.74 Å². The van der Waals surface area contributed by atoms with E-state index in [1.807, 2.05) is 12.1 Å². The van der Waals surface area contributed by atoms with Crippen LogP contribution in [0, 0.1) is 0 Å². The molecule has 1 aliphatic carbocycles. The highest BCUT2D eigenvalue weighted by atomic mass is 16.5. The van der Waals surface area contributed by atoms with Gasteiger partial charge < -0.3 is 15.2 Å². The van der Waals surface area contributed by atoms with Gasteiger partial charge in [0.25, 0.3) is 0 Å². The summed E-state index contributed by atoms with van der Waals surface area (Å²) in [5.41, 5.74) is 0.972. The third-order valence-corrected chi connectivity index (χ3v) is 5.40. The van der Waals surface area contributed by atoms with Gasteiger partial charge in [0.15, 0.2) is 0 Å². The van der Waals surface area contributed by atoms with Crippen LogP contribution < -0.4 is 5.32 Å². The minimum absolute atomic E-state index is 0.102. The lowest BCUT2D eigenvalue weighted by Gasteiger charge is -2.43. The Morgan fingerprint density at radius 2 is 2.00 bits per heavy atom. The van der Waals surface area contributed by atoms with Gasteiger partial charge in [-0.05, 0) is 37.5 Å². The molecule has 0 unspecified atom stereocenters. The van der Waals surface area contributed by atoms with E-state index in [0.29, 0.717) is 25.7 Å². The predicted molar refractivity (Wildman–Crippen MR) is 93.1 cm³/mol. The maximum absolute atomic E-state index is 12.6. The van der Waals surface area contributed by atoms with Crippen LogP contribution in [0.3, 0.4) is 0 Å². The number of carbonyl (C=O) groups excluding carboxylic acids is 1. The third-order valence-electron chi connectivity index (χ3n) is 5.40. The molecule has 2 fully saturated rings. The summed E-state index contributed by atoms with van der Waals surface area (Å²) < 4.78 is 5.34. The molecule has 1 saturated carbocycles. The first-order valence-corrected chi connectivity index (χ1v) is 8.97. The van der Waals surface area contributed by atoms with Gasteiger partial charge in [0, 0.05) is 24.5 Å². The van der Waals surface area contributed by atoms with Crippen LogP contribution in [0.4, 0.5) is 0 Å². The Kier molecular flexibility index (Phi) is 5.41. The first-order chi connectivity index (χ1) is 11.6. The van der Waals surface area contributed by atoms with Crippen molar-refractivity contribution in [3.05, 3.63) is 29.8 Å². The van der Waals surface area contributed by atoms with E-state index in [1.165, 1.54) is 12.0 Å². The van der Waals surface area contributed by atoms with Crippen molar-refractivity contribution < 1.29 is 14.6 Å². The molecule has 1 aliphatic heterocycles. The molecule has 5 nitrogen and oxygen atoms in total. The van der Waals surface area contributed by atoms with Crippen molar-refractivity contribution in [2.75, 3.05) is 32.8 Å². The lowest BCUT2D eigenvalue weighted by Crippen LogP contribution is -2.55. The number of ether oxygens (including phenoxy) is 1. The van der Waals surface area contributed by atoms with Crippen molar-refractivity contribution in [2.45, 2.75) is 44.1 Å². The highest BCUT2D eigenvalue weighted by Gasteiger charge is 2.38. The number of carbonyl (C=O) groups is 1. The number of morpholine rings is 1. The largest absolute Gasteiger partial charge is 0.508 e. The molecule has 3 rings (SSSR count). The maximum Gasteiger partial charge on any atom is 0.234 e. The van der Waals surface area contributed by atoms with E-state index in [2.05, 4.69) is 17.1 Å². The van der Waals surface area contributed by atoms with Gasteiger partial charge in [0.2, 0.25) is 5.91 Å². The molecule has 0 aromatic heterocycles. The van der Waals surface area contributed by atoms with Crippen LogP contribution >= 0.6 is 0 Å². The maximum atomic E-state index is 12.6. The van der Waals surface area contributed by atoms with Crippen molar-refractivity contribution in [2.24, 2.45) is 0 Å². The van der Waals surface area contributed by atoms with Crippen LogP contribution in [-0.2, 0) is 9.53 Å². The Morgan fingerprint density at radius 1 is 1.29 bits per heavy atom. The van der Waals surface area contributed by atoms with E-state index in [9.17, 15) is 9.90 Å². The zero-order chi connectivity index (χ0) is 17.0. The summed E-state index contributed by atoms with van der Waals surface area (Å²) >= 11 is 0. The summed E-state index contributed by atoms with van der Waals surface area (Å²) in [6, 6.07) is 7.44. The molecule has 2 atom stereocenters. The van der Waals surface area contributed by atoms with Crippen LogP contribution in [0.1, 0.15) is 44.1 Å². The van der Waals surface area contributed by atoms with Crippen LogP contribution in [-0.4, -0.2) is 54.3 Å². The van der Waals surface area contributed by atoms with Gasteiger partial charge in [-0.25, -0.2) is 0 Å². The van der Waals surface area contributed by atoms with Crippen LogP contribution in [0.15, 0.2) is 24.3 Å². The molecule has 1 amide bonds. The molecule has 132 valence electrons. The van der Waals surface area contributed by atoms with Crippen molar-refractivity contribution in [3.8, 4) is 5.75 Å². The third kappa shape index (κ3) is 4.08. The smallest absolute Gasteiger partial charge is 0.234 e. The molecule has 0 bridgehead atoms. The standard InChI is InChI=1S/C19H28N2O3/c1-19(20-18(23)14-21-10-12-24-13-11-21)9-3-2-4-17(19)15-5-7-16(22)8-6-15/h5-8,17,22H,2-4,9-14H2,1H3,(H,20,23)/t17-,19-/m0/s1. The molecule has 1 aromatic carbocycles. The second-order valence-electron chi connectivity index (χ2n) is 7.24. The Balaban J connectivity index is 1.67. The van der Waals surface area contributed by atoms with Gasteiger partial charge in [-0.3, -0.25) is 9.69 Å². The molecular weight excluding hydrogens is 304 g/mol. The SMILES string of the molecule is C[C@]1(NC(=O)CN2CCOCC2)CCCC[C@H]1c1ccc(O)cc1. The van der Waals surface area contributed by atoms with E-state index in [-0.39, 0.29) is 17.2 Å². The summed E-state index contributed by atoms with van der Waals surface area (Å²) in [7, 11) is 0. The number of phenolic OH excluding ortho intramolecular Hbond substituents is 1. The number of nitrogens with zero attached hydrogens (tertiary/aromatic N) is 1. The molecule has 2 aliphatic rings. The summed E-state index contributed by atoms with van der Waals surface area (Å²) in [6.07, 6.45) is 4.38. The Bertz CT molecular complexity index is 554. The zero-order valence-corrected chi connectivity index (χ0v) is 14.5. The number of hydrogen-bond acceptors (Lipinski definition) is 4. The fourth-order valence-corrected chi connectivity index (χ4v) is 4.04. The monoisotopic (exact) mass is 332 g/mol. The van der Waals surface area contributed by atoms with Crippen LogP contribution in [0.25, 0.3) is 0 Å². The van der Waals surface area contributed by atoms with Crippen molar-refractivity contribution >= 4 is 5.91 Å². The summed E-state index contributed by atoms with van der Waals surface area (Å²) in [4.78, 5) is 14.7. The number of benzene rings is 1. The van der Waals surface area contributed by atoms with E-state index in [1.54, 1.807) is 12.1 Å². The number of rotatable bonds is 4. The molecule has 24 heavy (non-hydrogen) atoms. The second kappa shape index (κ2) is 7.53. The summed E-state index contributed by atoms with van der Waals surface area (Å²) in [5, 5.41) is 12.8. The van der Waals surface area contributed by atoms with Crippen LogP contribution in [0.2, 0.25) is 0 Å². The first kappa shape index (κ1) is 17.2. The lowest BCUT2D eigenvalue weighted by molar-refractivity contribution is -0.125. The van der Waals surface area contributed by atoms with Gasteiger partial charge >= 0.3 is 0 Å². The fraction of sp³-hybridized carbons (Fsp3) is 0.632. The number of hydrogen-bond donors (Lipinski definition) is 2. The Morgan fingerprint density at radius 3 is 2.71 bits per heavy atom. The number of amides is 1. The molecule has 2 N–H and O–H groups in total. The average molecular weight is 332 g/mol. The molecule has 5 heteroatoms. The molecule has 0 radical (unpaired) electrons. The fourth-order valence-electron chi connectivity index (χ4n) is 4.04. The van der Waals surface area contributed by atoms with Crippen molar-refractivity contribution in [3.63, 3.8) is 0 Å². The van der Waals surface area contributed by atoms with E-state index < -0.39 is 0 Å². The second-order valence-corrected chi connectivity index (χ2v) is 7.24. The minimum atomic E-state index is -0.224. The minimum Gasteiger partial charge on any atom is -0.508 e. The van der Waals surface area contributed by atoms with E-state index >= 15 is 0 Å². The lowest BCUT2D eigenvalue weighted by atomic mass is 9.70. The van der Waals surface area contributed by atoms with Crippen LogP contribution in [0.5, 0.6) is 5.75 Å². The molecule has 1 aromatic rings. The van der Waals surface area contributed by atoms with Gasteiger partial charge in [0.05, 0.1) is 19.8 Å². The Labute approximate surface area is 144 Å². The quantitative estimate of drug-likeness (QED) is 0.888. The molecule has 1 saturated heterocycles. The topological polar surface area (TPSA) is 61.8 Å². The van der Waals surface area contributed by atoms with Gasteiger partial charge in [-0.15, -0.1) is 0 Å². The summed E-state index contributed by atoms with van der Waals surface area (Å²) in [6.45, 7) is 5.68. The molecule has 0 spiro atoms. The predicted octanol–water partition coefficient (Wildman–Crippen LogP) is 2.26. The highest BCUT2D eigenvalue weighted by molar-refractivity contribution is 5.79. The number of phenols is 1. The Hall–Kier alpha value is -1.59. The van der Waals surface area contributed by atoms with Gasteiger partial charge in [0.1, 0.15) is 5.75 Å². The summed E-state index contributed by atoms with van der Waals surface area (Å²) in [5.74, 6) is 0.679. The molecule has 1 heterocycles. The number of nitrogens with one attached hydrogen (secondary N) is 1. The van der Waals surface area contributed by atoms with Crippen molar-refractivity contribution in [1.29, 1.82) is 0 Å².